The maximum atomic E-state index is 14.6. The number of rotatable bonds is 5. The molecule has 5 heteroatoms. The highest BCUT2D eigenvalue weighted by Gasteiger charge is 2.20. The average Bonchev–Trinajstić information content (AvgIpc) is 2.63. The fourth-order valence-electron chi connectivity index (χ4n) is 2.70. The molecule has 24 heavy (non-hydrogen) atoms. The number of hydrogen-bond acceptors (Lipinski definition) is 3. The lowest BCUT2D eigenvalue weighted by Gasteiger charge is -2.20. The van der Waals surface area contributed by atoms with Gasteiger partial charge in [-0.3, -0.25) is 4.79 Å². The molecule has 0 radical (unpaired) electrons. The van der Waals surface area contributed by atoms with Crippen LogP contribution in [-0.4, -0.2) is 19.1 Å². The van der Waals surface area contributed by atoms with Gasteiger partial charge >= 0.3 is 0 Å². The highest BCUT2D eigenvalue weighted by Crippen LogP contribution is 2.25. The van der Waals surface area contributed by atoms with Gasteiger partial charge in [0.15, 0.2) is 0 Å². The largest absolute Gasteiger partial charge is 0.493 e. The van der Waals surface area contributed by atoms with E-state index in [0.717, 1.165) is 12.1 Å². The molecular weight excluding hydrogens is 307 g/mol. The van der Waals surface area contributed by atoms with E-state index >= 15 is 0 Å². The Labute approximate surface area is 141 Å². The number of para-hydroxylation sites is 1. The van der Waals surface area contributed by atoms with E-state index in [2.05, 4.69) is 10.6 Å². The minimum atomic E-state index is -0.387. The molecule has 0 aromatic heterocycles. The summed E-state index contributed by atoms with van der Waals surface area (Å²) < 4.78 is 20.1. The lowest BCUT2D eigenvalue weighted by Crippen LogP contribution is -2.28. The van der Waals surface area contributed by atoms with Gasteiger partial charge in [-0.2, -0.15) is 0 Å². The number of halogens is 1. The number of ether oxygens (including phenoxy) is 1. The van der Waals surface area contributed by atoms with Gasteiger partial charge in [-0.25, -0.2) is 4.39 Å². The molecule has 1 amide bonds. The van der Waals surface area contributed by atoms with Crippen molar-refractivity contribution in [3.8, 4) is 5.75 Å². The fourth-order valence-corrected chi connectivity index (χ4v) is 2.70. The van der Waals surface area contributed by atoms with Crippen molar-refractivity contribution in [2.24, 2.45) is 5.92 Å². The van der Waals surface area contributed by atoms with Crippen LogP contribution in [0.25, 0.3) is 0 Å². The predicted molar refractivity (Wildman–Crippen MR) is 91.5 cm³/mol. The molecule has 2 aromatic rings. The minimum absolute atomic E-state index is 0.242. The molecule has 126 valence electrons. The first kappa shape index (κ1) is 16.5. The van der Waals surface area contributed by atoms with Gasteiger partial charge in [0.25, 0.3) is 0 Å². The number of carbonyl (C=O) groups is 1. The van der Waals surface area contributed by atoms with Crippen LogP contribution in [0.15, 0.2) is 42.5 Å². The summed E-state index contributed by atoms with van der Waals surface area (Å²) in [4.78, 5) is 12.3. The van der Waals surface area contributed by atoms with Gasteiger partial charge < -0.3 is 15.4 Å². The van der Waals surface area contributed by atoms with Crippen molar-refractivity contribution >= 4 is 11.6 Å². The van der Waals surface area contributed by atoms with Crippen LogP contribution < -0.4 is 15.4 Å². The molecule has 2 N–H and O–H groups in total. The minimum Gasteiger partial charge on any atom is -0.493 e. The van der Waals surface area contributed by atoms with Crippen LogP contribution in [0.4, 0.5) is 10.1 Å². The normalized spacial score (nSPS) is 14.6. The van der Waals surface area contributed by atoms with E-state index in [1.807, 2.05) is 36.4 Å². The van der Waals surface area contributed by atoms with Gasteiger partial charge in [-0.15, -0.1) is 0 Å². The number of benzene rings is 2. The average molecular weight is 328 g/mol. The third-order valence-electron chi connectivity index (χ3n) is 4.16. The van der Waals surface area contributed by atoms with Crippen LogP contribution >= 0.6 is 0 Å². The second-order valence-corrected chi connectivity index (χ2v) is 6.01. The van der Waals surface area contributed by atoms with E-state index < -0.39 is 0 Å². The van der Waals surface area contributed by atoms with Crippen molar-refractivity contribution in [2.75, 3.05) is 18.5 Å². The number of hydrogen-bond donors (Lipinski definition) is 2. The number of fused-ring (bicyclic) bond motifs is 1. The summed E-state index contributed by atoms with van der Waals surface area (Å²) in [6.07, 6.45) is 0.636. The number of amides is 1. The Balaban J connectivity index is 1.62. The summed E-state index contributed by atoms with van der Waals surface area (Å²) in [6.45, 7) is 3.43. The molecule has 1 unspecified atom stereocenters. The van der Waals surface area contributed by atoms with Crippen molar-refractivity contribution in [1.29, 1.82) is 0 Å². The van der Waals surface area contributed by atoms with Crippen molar-refractivity contribution in [3.63, 3.8) is 0 Å². The molecule has 1 aliphatic rings. The van der Waals surface area contributed by atoms with E-state index in [1.165, 1.54) is 0 Å². The van der Waals surface area contributed by atoms with E-state index in [-0.39, 0.29) is 29.9 Å². The molecule has 0 spiro atoms. The SMILES string of the molecule is CC(COc1ccccc1)C(=O)Nc1ccc2c(c1F)CCNC2. The van der Waals surface area contributed by atoms with Crippen molar-refractivity contribution in [3.05, 3.63) is 59.4 Å². The van der Waals surface area contributed by atoms with Crippen LogP contribution in [0.2, 0.25) is 0 Å². The zero-order valence-electron chi connectivity index (χ0n) is 13.6. The van der Waals surface area contributed by atoms with Gasteiger partial charge in [0.1, 0.15) is 11.6 Å². The monoisotopic (exact) mass is 328 g/mol. The second-order valence-electron chi connectivity index (χ2n) is 6.01. The highest BCUT2D eigenvalue weighted by atomic mass is 19.1. The second kappa shape index (κ2) is 7.45. The summed E-state index contributed by atoms with van der Waals surface area (Å²) in [6, 6.07) is 12.8. The summed E-state index contributed by atoms with van der Waals surface area (Å²) in [5, 5.41) is 5.89. The Hall–Kier alpha value is -2.40. The molecule has 2 aromatic carbocycles. The quantitative estimate of drug-likeness (QED) is 0.887. The topological polar surface area (TPSA) is 50.4 Å². The van der Waals surface area contributed by atoms with Crippen LogP contribution in [0, 0.1) is 11.7 Å². The van der Waals surface area contributed by atoms with E-state index in [4.69, 9.17) is 4.74 Å². The van der Waals surface area contributed by atoms with Gasteiger partial charge in [0, 0.05) is 6.54 Å². The standard InChI is InChI=1S/C19H21FN2O2/c1-13(12-24-15-5-3-2-4-6-15)19(23)22-17-8-7-14-11-21-10-9-16(14)18(17)20/h2-8,13,21H,9-12H2,1H3,(H,22,23). The summed E-state index contributed by atoms with van der Waals surface area (Å²) in [7, 11) is 0. The highest BCUT2D eigenvalue weighted by molar-refractivity contribution is 5.92. The molecule has 0 bridgehead atoms. The van der Waals surface area contributed by atoms with Gasteiger partial charge in [0.2, 0.25) is 5.91 Å². The fraction of sp³-hybridized carbons (Fsp3) is 0.316. The lowest BCUT2D eigenvalue weighted by molar-refractivity contribution is -0.120. The van der Waals surface area contributed by atoms with Gasteiger partial charge in [0.05, 0.1) is 18.2 Å². The Kier molecular flexibility index (Phi) is 5.11. The Morgan fingerprint density at radius 3 is 2.88 bits per heavy atom. The maximum absolute atomic E-state index is 14.6. The molecule has 3 rings (SSSR count). The molecule has 1 atom stereocenters. The van der Waals surface area contributed by atoms with Crippen LogP contribution in [0.5, 0.6) is 5.75 Å². The van der Waals surface area contributed by atoms with Crippen molar-refractivity contribution in [2.45, 2.75) is 19.9 Å². The van der Waals surface area contributed by atoms with Crippen molar-refractivity contribution in [1.82, 2.24) is 5.32 Å². The molecule has 0 fully saturated rings. The van der Waals surface area contributed by atoms with E-state index in [0.29, 0.717) is 24.3 Å². The molecule has 1 aliphatic heterocycles. The first-order valence-electron chi connectivity index (χ1n) is 8.15. The number of nitrogens with one attached hydrogen (secondary N) is 2. The maximum Gasteiger partial charge on any atom is 0.230 e. The third-order valence-corrected chi connectivity index (χ3v) is 4.16. The molecule has 0 aliphatic carbocycles. The Morgan fingerprint density at radius 2 is 2.08 bits per heavy atom. The molecule has 0 saturated heterocycles. The first-order chi connectivity index (χ1) is 11.6. The van der Waals surface area contributed by atoms with Crippen LogP contribution in [0.1, 0.15) is 18.1 Å². The zero-order valence-corrected chi connectivity index (χ0v) is 13.6. The molecular formula is C19H21FN2O2. The summed E-state index contributed by atoms with van der Waals surface area (Å²) in [5.41, 5.74) is 1.89. The molecule has 0 saturated carbocycles. The molecule has 1 heterocycles. The summed E-state index contributed by atoms with van der Waals surface area (Å²) in [5.74, 6) is -0.246. The summed E-state index contributed by atoms with van der Waals surface area (Å²) >= 11 is 0. The predicted octanol–water partition coefficient (Wildman–Crippen LogP) is 3.13. The molecule has 4 nitrogen and oxygen atoms in total. The van der Waals surface area contributed by atoms with Gasteiger partial charge in [-0.05, 0) is 42.3 Å². The number of anilines is 1. The van der Waals surface area contributed by atoms with Crippen LogP contribution in [-0.2, 0) is 17.8 Å². The van der Waals surface area contributed by atoms with E-state index in [9.17, 15) is 9.18 Å². The Bertz CT molecular complexity index is 719. The lowest BCUT2D eigenvalue weighted by atomic mass is 9.99. The van der Waals surface area contributed by atoms with Crippen molar-refractivity contribution < 1.29 is 13.9 Å². The van der Waals surface area contributed by atoms with E-state index in [1.54, 1.807) is 13.0 Å². The Morgan fingerprint density at radius 1 is 1.29 bits per heavy atom. The first-order valence-corrected chi connectivity index (χ1v) is 8.15. The zero-order chi connectivity index (χ0) is 16.9. The smallest absolute Gasteiger partial charge is 0.230 e. The van der Waals surface area contributed by atoms with Gasteiger partial charge in [-0.1, -0.05) is 31.2 Å². The number of carbonyl (C=O) groups excluding carboxylic acids is 1. The van der Waals surface area contributed by atoms with Crippen LogP contribution in [0.3, 0.4) is 0 Å². The third kappa shape index (κ3) is 3.74.